The molecule has 0 rings (SSSR count). The highest BCUT2D eigenvalue weighted by Gasteiger charge is 2.19. The zero-order valence-corrected chi connectivity index (χ0v) is 13.5. The topological polar surface area (TPSA) is 49.7 Å². The van der Waals surface area contributed by atoms with Crippen LogP contribution in [0.5, 0.6) is 0 Å². The molecule has 2 atom stereocenters. The van der Waals surface area contributed by atoms with Crippen LogP contribution in [0.2, 0.25) is 0 Å². The average Bonchev–Trinajstić information content (AvgIpc) is 2.27. The Labute approximate surface area is 123 Å². The average molecular weight is 282 g/mol. The molecule has 0 aliphatic rings. The van der Waals surface area contributed by atoms with E-state index in [0.29, 0.717) is 6.61 Å². The molecule has 0 aliphatic carbocycles. The lowest BCUT2D eigenvalue weighted by Gasteiger charge is -2.21. The highest BCUT2D eigenvalue weighted by molar-refractivity contribution is 5.10. The van der Waals surface area contributed by atoms with Crippen molar-refractivity contribution in [2.24, 2.45) is 0 Å². The molecule has 0 heterocycles. The van der Waals surface area contributed by atoms with E-state index in [9.17, 15) is 10.2 Å². The fourth-order valence-electron chi connectivity index (χ4n) is 1.91. The predicted molar refractivity (Wildman–Crippen MR) is 84.7 cm³/mol. The minimum Gasteiger partial charge on any atom is -0.389 e. The van der Waals surface area contributed by atoms with Gasteiger partial charge < -0.3 is 14.9 Å². The molecular weight excluding hydrogens is 252 g/mol. The molecule has 0 aromatic heterocycles. The minimum atomic E-state index is -1.04. The molecule has 2 unspecified atom stereocenters. The summed E-state index contributed by atoms with van der Waals surface area (Å²) in [6.45, 7) is 13.8. The van der Waals surface area contributed by atoms with Crippen molar-refractivity contribution in [3.05, 3.63) is 36.5 Å². The Hall–Kier alpha value is -0.900. The van der Waals surface area contributed by atoms with E-state index in [1.165, 1.54) is 6.08 Å². The summed E-state index contributed by atoms with van der Waals surface area (Å²) in [7, 11) is 0. The van der Waals surface area contributed by atoms with Crippen LogP contribution in [-0.2, 0) is 4.74 Å². The van der Waals surface area contributed by atoms with Gasteiger partial charge in [0.05, 0.1) is 17.3 Å². The first-order valence-electron chi connectivity index (χ1n) is 7.15. The largest absolute Gasteiger partial charge is 0.389 e. The second-order valence-electron chi connectivity index (χ2n) is 5.99. The second-order valence-corrected chi connectivity index (χ2v) is 5.99. The maximum atomic E-state index is 9.90. The van der Waals surface area contributed by atoms with Crippen molar-refractivity contribution >= 4 is 0 Å². The summed E-state index contributed by atoms with van der Waals surface area (Å²) >= 11 is 0. The normalized spacial score (nSPS) is 18.1. The van der Waals surface area contributed by atoms with Crippen molar-refractivity contribution in [1.82, 2.24) is 0 Å². The molecule has 0 saturated heterocycles. The van der Waals surface area contributed by atoms with Crippen molar-refractivity contribution in [1.29, 1.82) is 0 Å². The Bertz CT molecular complexity index is 351. The quantitative estimate of drug-likeness (QED) is 0.637. The summed E-state index contributed by atoms with van der Waals surface area (Å²) in [5.74, 6) is 0. The molecule has 3 heteroatoms. The summed E-state index contributed by atoms with van der Waals surface area (Å²) in [6, 6.07) is 0. The molecule has 0 fully saturated rings. The van der Waals surface area contributed by atoms with E-state index < -0.39 is 11.7 Å². The van der Waals surface area contributed by atoms with E-state index in [-0.39, 0.29) is 12.0 Å². The molecular formula is C17H30O3. The molecule has 0 amide bonds. The van der Waals surface area contributed by atoms with Crippen LogP contribution in [0, 0.1) is 0 Å². The third kappa shape index (κ3) is 9.08. The van der Waals surface area contributed by atoms with Crippen LogP contribution in [0.25, 0.3) is 0 Å². The van der Waals surface area contributed by atoms with E-state index in [2.05, 4.69) is 6.58 Å². The summed E-state index contributed by atoms with van der Waals surface area (Å²) in [5, 5.41) is 19.7. The number of ether oxygens (including phenoxy) is 1. The van der Waals surface area contributed by atoms with E-state index in [1.54, 1.807) is 13.0 Å². The third-order valence-corrected chi connectivity index (χ3v) is 3.01. The van der Waals surface area contributed by atoms with Gasteiger partial charge in [-0.3, -0.25) is 0 Å². The summed E-state index contributed by atoms with van der Waals surface area (Å²) in [4.78, 5) is 0. The fourth-order valence-corrected chi connectivity index (χ4v) is 1.91. The van der Waals surface area contributed by atoms with Gasteiger partial charge in [-0.25, -0.2) is 0 Å². The van der Waals surface area contributed by atoms with Gasteiger partial charge in [0.2, 0.25) is 0 Å². The Morgan fingerprint density at radius 2 is 1.95 bits per heavy atom. The van der Waals surface area contributed by atoms with Crippen LogP contribution in [-0.4, -0.2) is 34.1 Å². The number of aliphatic hydroxyl groups is 2. The maximum absolute atomic E-state index is 9.90. The molecule has 0 aliphatic heterocycles. The van der Waals surface area contributed by atoms with Crippen LogP contribution in [0.3, 0.4) is 0 Å². The first-order chi connectivity index (χ1) is 9.12. The number of hydrogen-bond donors (Lipinski definition) is 2. The van der Waals surface area contributed by atoms with Crippen molar-refractivity contribution in [2.45, 2.75) is 64.8 Å². The highest BCUT2D eigenvalue weighted by Crippen LogP contribution is 2.16. The minimum absolute atomic E-state index is 0.252. The number of rotatable bonds is 9. The molecule has 0 spiro atoms. The standard InChI is InChI=1S/C17H30O3/c1-7-17(6,19)13-15(18)12-14(3)10-9-11-16(4,5)20-8-2/h7,9,11-12,15,18-19H,1,8,10,13H2,2-6H3. The zero-order chi connectivity index (χ0) is 15.8. The van der Waals surface area contributed by atoms with Gasteiger partial charge in [-0.05, 0) is 41.0 Å². The van der Waals surface area contributed by atoms with E-state index in [0.717, 1.165) is 12.0 Å². The summed E-state index contributed by atoms with van der Waals surface area (Å²) in [6.07, 6.45) is 7.63. The monoisotopic (exact) mass is 282 g/mol. The Morgan fingerprint density at radius 3 is 2.45 bits per heavy atom. The highest BCUT2D eigenvalue weighted by atomic mass is 16.5. The van der Waals surface area contributed by atoms with Crippen LogP contribution in [0.1, 0.15) is 47.5 Å². The molecule has 3 nitrogen and oxygen atoms in total. The molecule has 0 aromatic rings. The molecule has 0 bridgehead atoms. The first-order valence-corrected chi connectivity index (χ1v) is 7.15. The van der Waals surface area contributed by atoms with E-state index in [1.807, 2.05) is 39.8 Å². The first kappa shape index (κ1) is 19.1. The van der Waals surface area contributed by atoms with Gasteiger partial charge >= 0.3 is 0 Å². The van der Waals surface area contributed by atoms with Gasteiger partial charge in [0.1, 0.15) is 0 Å². The Morgan fingerprint density at radius 1 is 1.35 bits per heavy atom. The van der Waals surface area contributed by atoms with Crippen molar-refractivity contribution in [3.63, 3.8) is 0 Å². The molecule has 116 valence electrons. The Kier molecular flexibility index (Phi) is 8.02. The zero-order valence-electron chi connectivity index (χ0n) is 13.5. The van der Waals surface area contributed by atoms with Crippen molar-refractivity contribution in [3.8, 4) is 0 Å². The third-order valence-electron chi connectivity index (χ3n) is 3.01. The van der Waals surface area contributed by atoms with E-state index in [4.69, 9.17) is 4.74 Å². The smallest absolute Gasteiger partial charge is 0.0824 e. The van der Waals surface area contributed by atoms with Gasteiger partial charge in [0, 0.05) is 13.0 Å². The van der Waals surface area contributed by atoms with Gasteiger partial charge in [-0.1, -0.05) is 29.9 Å². The predicted octanol–water partition coefficient (Wildman–Crippen LogP) is 3.38. The Balaban J connectivity index is 4.40. The van der Waals surface area contributed by atoms with E-state index >= 15 is 0 Å². The fraction of sp³-hybridized carbons (Fsp3) is 0.647. The lowest BCUT2D eigenvalue weighted by Crippen LogP contribution is -2.26. The number of hydrogen-bond acceptors (Lipinski definition) is 3. The van der Waals surface area contributed by atoms with Crippen LogP contribution in [0.4, 0.5) is 0 Å². The van der Waals surface area contributed by atoms with Crippen molar-refractivity contribution < 1.29 is 14.9 Å². The number of allylic oxidation sites excluding steroid dienone is 2. The van der Waals surface area contributed by atoms with Gasteiger partial charge in [-0.2, -0.15) is 0 Å². The molecule has 2 N–H and O–H groups in total. The number of aliphatic hydroxyl groups excluding tert-OH is 1. The van der Waals surface area contributed by atoms with Gasteiger partial charge in [0.15, 0.2) is 0 Å². The second kappa shape index (κ2) is 8.40. The van der Waals surface area contributed by atoms with Gasteiger partial charge in [-0.15, -0.1) is 6.58 Å². The SMILES string of the molecule is C=CC(C)(O)CC(O)C=C(C)CC=CC(C)(C)OCC. The van der Waals surface area contributed by atoms with Gasteiger partial charge in [0.25, 0.3) is 0 Å². The molecule has 20 heavy (non-hydrogen) atoms. The van der Waals surface area contributed by atoms with Crippen LogP contribution in [0.15, 0.2) is 36.5 Å². The van der Waals surface area contributed by atoms with Crippen molar-refractivity contribution in [2.75, 3.05) is 6.61 Å². The molecule has 0 radical (unpaired) electrons. The summed E-state index contributed by atoms with van der Waals surface area (Å²) < 4.78 is 5.57. The lowest BCUT2D eigenvalue weighted by molar-refractivity contribution is 0.0284. The lowest BCUT2D eigenvalue weighted by atomic mass is 9.97. The maximum Gasteiger partial charge on any atom is 0.0824 e. The van der Waals surface area contributed by atoms with Crippen LogP contribution < -0.4 is 0 Å². The molecule has 0 aromatic carbocycles. The molecule has 0 saturated carbocycles. The van der Waals surface area contributed by atoms with Crippen LogP contribution >= 0.6 is 0 Å². The summed E-state index contributed by atoms with van der Waals surface area (Å²) in [5.41, 5.74) is -0.246.